The number of aromatic nitrogens is 2. The molecule has 2 aromatic rings. The number of carbonyl (C=O) groups excluding carboxylic acids is 1. The van der Waals surface area contributed by atoms with Gasteiger partial charge < -0.3 is 10.1 Å². The predicted molar refractivity (Wildman–Crippen MR) is 72.3 cm³/mol. The van der Waals surface area contributed by atoms with Crippen LogP contribution in [0.2, 0.25) is 0 Å². The van der Waals surface area contributed by atoms with E-state index in [1.807, 2.05) is 6.92 Å². The van der Waals surface area contributed by atoms with Crippen molar-refractivity contribution in [1.82, 2.24) is 10.2 Å². The first kappa shape index (κ1) is 13.9. The van der Waals surface area contributed by atoms with Crippen LogP contribution in [-0.2, 0) is 0 Å². The molecule has 0 bridgehead atoms. The number of hydrogen-bond acceptors (Lipinski definition) is 4. The molecule has 104 valence electrons. The molecular formula is C14H14FN3O2. The van der Waals surface area contributed by atoms with Crippen LogP contribution in [0, 0.1) is 12.7 Å². The highest BCUT2D eigenvalue weighted by Crippen LogP contribution is 2.14. The number of carbonyl (C=O) groups is 1. The van der Waals surface area contributed by atoms with Gasteiger partial charge in [0.1, 0.15) is 5.82 Å². The second kappa shape index (κ2) is 6.10. The molecule has 1 aromatic heterocycles. The molecular weight excluding hydrogens is 261 g/mol. The van der Waals surface area contributed by atoms with E-state index in [1.54, 1.807) is 25.1 Å². The number of ether oxygens (including phenoxy) is 1. The smallest absolute Gasteiger partial charge is 0.276 e. The highest BCUT2D eigenvalue weighted by Gasteiger charge is 2.10. The summed E-state index contributed by atoms with van der Waals surface area (Å²) >= 11 is 0. The van der Waals surface area contributed by atoms with Gasteiger partial charge in [-0.1, -0.05) is 6.07 Å². The molecule has 0 unspecified atom stereocenters. The summed E-state index contributed by atoms with van der Waals surface area (Å²) in [7, 11) is 0. The average Bonchev–Trinajstić information content (AvgIpc) is 2.44. The Bertz CT molecular complexity index is 614. The largest absolute Gasteiger partial charge is 0.477 e. The van der Waals surface area contributed by atoms with E-state index in [9.17, 15) is 9.18 Å². The highest BCUT2D eigenvalue weighted by molar-refractivity contribution is 6.02. The standard InChI is InChI=1S/C14H14FN3O2/c1-3-20-13-7-6-12(17-18-13)14(19)16-10-5-4-9(2)11(15)8-10/h4-8H,3H2,1-2H3,(H,16,19). The third-order valence-electron chi connectivity index (χ3n) is 2.59. The maximum Gasteiger partial charge on any atom is 0.276 e. The van der Waals surface area contributed by atoms with Crippen molar-refractivity contribution in [2.24, 2.45) is 0 Å². The number of halogens is 1. The Hall–Kier alpha value is -2.50. The first-order valence-corrected chi connectivity index (χ1v) is 6.14. The molecule has 1 heterocycles. The van der Waals surface area contributed by atoms with E-state index in [-0.39, 0.29) is 11.5 Å². The fourth-order valence-corrected chi connectivity index (χ4v) is 1.53. The molecule has 1 N–H and O–H groups in total. The van der Waals surface area contributed by atoms with Crippen LogP contribution >= 0.6 is 0 Å². The van der Waals surface area contributed by atoms with E-state index < -0.39 is 5.91 Å². The fraction of sp³-hybridized carbons (Fsp3) is 0.214. The summed E-state index contributed by atoms with van der Waals surface area (Å²) in [6, 6.07) is 7.53. The van der Waals surface area contributed by atoms with Crippen molar-refractivity contribution in [3.63, 3.8) is 0 Å². The zero-order valence-electron chi connectivity index (χ0n) is 11.2. The summed E-state index contributed by atoms with van der Waals surface area (Å²) < 4.78 is 18.5. The van der Waals surface area contributed by atoms with Gasteiger partial charge in [-0.2, -0.15) is 0 Å². The molecule has 0 spiro atoms. The van der Waals surface area contributed by atoms with Gasteiger partial charge in [-0.05, 0) is 37.6 Å². The third kappa shape index (κ3) is 3.28. The lowest BCUT2D eigenvalue weighted by Crippen LogP contribution is -2.14. The number of benzene rings is 1. The van der Waals surface area contributed by atoms with Gasteiger partial charge in [-0.3, -0.25) is 4.79 Å². The molecule has 0 atom stereocenters. The van der Waals surface area contributed by atoms with Gasteiger partial charge in [0, 0.05) is 11.8 Å². The van der Waals surface area contributed by atoms with Crippen molar-refractivity contribution in [1.29, 1.82) is 0 Å². The molecule has 5 nitrogen and oxygen atoms in total. The van der Waals surface area contributed by atoms with Gasteiger partial charge in [-0.15, -0.1) is 10.2 Å². The zero-order chi connectivity index (χ0) is 14.5. The number of amides is 1. The van der Waals surface area contributed by atoms with Crippen LogP contribution in [0.1, 0.15) is 23.0 Å². The van der Waals surface area contributed by atoms with Crippen LogP contribution in [0.15, 0.2) is 30.3 Å². The van der Waals surface area contributed by atoms with E-state index in [0.29, 0.717) is 23.7 Å². The van der Waals surface area contributed by atoms with Crippen molar-refractivity contribution < 1.29 is 13.9 Å². The van der Waals surface area contributed by atoms with Crippen molar-refractivity contribution in [3.8, 4) is 5.88 Å². The Kier molecular flexibility index (Phi) is 4.24. The Morgan fingerprint density at radius 3 is 2.70 bits per heavy atom. The molecule has 0 aliphatic carbocycles. The Labute approximate surface area is 115 Å². The summed E-state index contributed by atoms with van der Waals surface area (Å²) in [6.45, 7) is 3.95. The van der Waals surface area contributed by atoms with Crippen LogP contribution in [0.4, 0.5) is 10.1 Å². The molecule has 1 aromatic carbocycles. The lowest BCUT2D eigenvalue weighted by molar-refractivity contribution is 0.102. The number of aryl methyl sites for hydroxylation is 1. The molecule has 0 fully saturated rings. The maximum absolute atomic E-state index is 13.4. The summed E-state index contributed by atoms with van der Waals surface area (Å²) in [5.74, 6) is -0.477. The number of anilines is 1. The molecule has 0 saturated heterocycles. The minimum absolute atomic E-state index is 0.134. The van der Waals surface area contributed by atoms with Gasteiger partial charge >= 0.3 is 0 Å². The Balaban J connectivity index is 2.09. The number of nitrogens with one attached hydrogen (secondary N) is 1. The van der Waals surface area contributed by atoms with Crippen LogP contribution in [0.25, 0.3) is 0 Å². The molecule has 0 aliphatic heterocycles. The summed E-state index contributed by atoms with van der Waals surface area (Å²) in [5, 5.41) is 10.1. The zero-order valence-corrected chi connectivity index (χ0v) is 11.2. The molecule has 0 radical (unpaired) electrons. The maximum atomic E-state index is 13.4. The molecule has 0 aliphatic rings. The quantitative estimate of drug-likeness (QED) is 0.931. The topological polar surface area (TPSA) is 64.1 Å². The normalized spacial score (nSPS) is 10.2. The molecule has 0 saturated carbocycles. The van der Waals surface area contributed by atoms with Gasteiger partial charge in [0.25, 0.3) is 5.91 Å². The van der Waals surface area contributed by atoms with Gasteiger partial charge in [-0.25, -0.2) is 4.39 Å². The van der Waals surface area contributed by atoms with E-state index in [1.165, 1.54) is 12.1 Å². The third-order valence-corrected chi connectivity index (χ3v) is 2.59. The molecule has 2 rings (SSSR count). The summed E-state index contributed by atoms with van der Waals surface area (Å²) in [5.41, 5.74) is 1.02. The van der Waals surface area contributed by atoms with E-state index >= 15 is 0 Å². The van der Waals surface area contributed by atoms with Gasteiger partial charge in [0.2, 0.25) is 5.88 Å². The highest BCUT2D eigenvalue weighted by atomic mass is 19.1. The van der Waals surface area contributed by atoms with Crippen LogP contribution in [0.3, 0.4) is 0 Å². The van der Waals surface area contributed by atoms with Crippen molar-refractivity contribution >= 4 is 11.6 Å². The Morgan fingerprint density at radius 2 is 2.10 bits per heavy atom. The second-order valence-electron chi connectivity index (χ2n) is 4.11. The molecule has 20 heavy (non-hydrogen) atoms. The molecule has 1 amide bonds. The monoisotopic (exact) mass is 275 g/mol. The minimum atomic E-state index is -0.455. The number of nitrogens with zero attached hydrogens (tertiary/aromatic N) is 2. The van der Waals surface area contributed by atoms with E-state index in [0.717, 1.165) is 0 Å². The van der Waals surface area contributed by atoms with E-state index in [4.69, 9.17) is 4.74 Å². The first-order valence-electron chi connectivity index (χ1n) is 6.14. The summed E-state index contributed by atoms with van der Waals surface area (Å²) in [4.78, 5) is 11.9. The van der Waals surface area contributed by atoms with Crippen LogP contribution in [0.5, 0.6) is 5.88 Å². The van der Waals surface area contributed by atoms with Crippen LogP contribution in [-0.4, -0.2) is 22.7 Å². The lowest BCUT2D eigenvalue weighted by Gasteiger charge is -2.06. The lowest BCUT2D eigenvalue weighted by atomic mass is 10.2. The van der Waals surface area contributed by atoms with Crippen molar-refractivity contribution in [2.45, 2.75) is 13.8 Å². The van der Waals surface area contributed by atoms with Gasteiger partial charge in [0.15, 0.2) is 5.69 Å². The number of rotatable bonds is 4. The molecule has 6 heteroatoms. The van der Waals surface area contributed by atoms with Gasteiger partial charge in [0.05, 0.1) is 6.61 Å². The minimum Gasteiger partial charge on any atom is -0.477 e. The van der Waals surface area contributed by atoms with E-state index in [2.05, 4.69) is 15.5 Å². The summed E-state index contributed by atoms with van der Waals surface area (Å²) in [6.07, 6.45) is 0. The van der Waals surface area contributed by atoms with Crippen LogP contribution < -0.4 is 10.1 Å². The SMILES string of the molecule is CCOc1ccc(C(=O)Nc2ccc(C)c(F)c2)nn1. The first-order chi connectivity index (χ1) is 9.60. The second-order valence-corrected chi connectivity index (χ2v) is 4.11. The fourth-order valence-electron chi connectivity index (χ4n) is 1.53. The predicted octanol–water partition coefficient (Wildman–Crippen LogP) is 2.58. The Morgan fingerprint density at radius 1 is 1.30 bits per heavy atom. The number of hydrogen-bond donors (Lipinski definition) is 1. The van der Waals surface area contributed by atoms with Crippen molar-refractivity contribution in [3.05, 3.63) is 47.4 Å². The van der Waals surface area contributed by atoms with Crippen molar-refractivity contribution in [2.75, 3.05) is 11.9 Å². The average molecular weight is 275 g/mol.